The van der Waals surface area contributed by atoms with Crippen molar-refractivity contribution in [2.75, 3.05) is 21.3 Å². The minimum Gasteiger partial charge on any atom is -0.492 e. The van der Waals surface area contributed by atoms with Crippen LogP contribution in [0.1, 0.15) is 15.9 Å². The van der Waals surface area contributed by atoms with Crippen LogP contribution in [0.5, 0.6) is 11.5 Å². The van der Waals surface area contributed by atoms with Crippen molar-refractivity contribution in [2.24, 2.45) is 0 Å². The van der Waals surface area contributed by atoms with Crippen molar-refractivity contribution in [1.82, 2.24) is 0 Å². The first-order valence-corrected chi connectivity index (χ1v) is 5.07. The van der Waals surface area contributed by atoms with Gasteiger partial charge in [-0.05, 0) is 6.07 Å². The molecule has 0 bridgehead atoms. The van der Waals surface area contributed by atoms with Crippen LogP contribution in [0.15, 0.2) is 12.1 Å². The Morgan fingerprint density at radius 1 is 1.11 bits per heavy atom. The average molecular weight is 254 g/mol. The molecular weight excluding hydrogens is 240 g/mol. The molecule has 18 heavy (non-hydrogen) atoms. The number of carboxylic acids is 1. The van der Waals surface area contributed by atoms with Crippen LogP contribution in [-0.2, 0) is 16.1 Å². The maximum absolute atomic E-state index is 11.5. The smallest absolute Gasteiger partial charge is 0.377 e. The molecule has 0 aliphatic carbocycles. The first-order valence-electron chi connectivity index (χ1n) is 5.07. The van der Waals surface area contributed by atoms with Crippen molar-refractivity contribution in [1.29, 1.82) is 0 Å². The lowest BCUT2D eigenvalue weighted by Gasteiger charge is -2.14. The second kappa shape index (κ2) is 6.02. The minimum absolute atomic E-state index is 0.0540. The fourth-order valence-electron chi connectivity index (χ4n) is 1.59. The Balaban J connectivity index is 3.38. The van der Waals surface area contributed by atoms with Crippen LogP contribution in [-0.4, -0.2) is 38.2 Å². The summed E-state index contributed by atoms with van der Waals surface area (Å²) in [5.74, 6) is -2.20. The van der Waals surface area contributed by atoms with Gasteiger partial charge in [-0.2, -0.15) is 0 Å². The molecule has 6 heteroatoms. The Bertz CT molecular complexity index is 466. The summed E-state index contributed by atoms with van der Waals surface area (Å²) >= 11 is 0. The number of benzene rings is 1. The van der Waals surface area contributed by atoms with E-state index in [9.17, 15) is 9.59 Å². The molecule has 98 valence electrons. The van der Waals surface area contributed by atoms with E-state index < -0.39 is 11.8 Å². The van der Waals surface area contributed by atoms with Crippen LogP contribution >= 0.6 is 0 Å². The Kier molecular flexibility index (Phi) is 4.67. The lowest BCUT2D eigenvalue weighted by molar-refractivity contribution is -0.131. The molecule has 0 fully saturated rings. The van der Waals surface area contributed by atoms with Gasteiger partial charge in [0.1, 0.15) is 0 Å². The van der Waals surface area contributed by atoms with Crippen LogP contribution in [0.4, 0.5) is 0 Å². The highest BCUT2D eigenvalue weighted by Crippen LogP contribution is 2.35. The molecule has 0 aromatic heterocycles. The average Bonchev–Trinajstić information content (AvgIpc) is 2.37. The van der Waals surface area contributed by atoms with E-state index in [-0.39, 0.29) is 17.9 Å². The lowest BCUT2D eigenvalue weighted by atomic mass is 10.1. The van der Waals surface area contributed by atoms with Gasteiger partial charge in [-0.1, -0.05) is 6.07 Å². The quantitative estimate of drug-likeness (QED) is 0.605. The van der Waals surface area contributed by atoms with Crippen LogP contribution in [0, 0.1) is 0 Å². The fourth-order valence-corrected chi connectivity index (χ4v) is 1.59. The van der Waals surface area contributed by atoms with Gasteiger partial charge >= 0.3 is 5.97 Å². The standard InChI is InChI=1S/C12H14O6/c1-16-6-7-4-5-8(9(13)12(14)15)11(18-3)10(7)17-2/h4-5H,6H2,1-3H3,(H,14,15). The van der Waals surface area contributed by atoms with Crippen LogP contribution in [0.25, 0.3) is 0 Å². The Hall–Kier alpha value is -2.08. The van der Waals surface area contributed by atoms with E-state index in [1.165, 1.54) is 27.4 Å². The van der Waals surface area contributed by atoms with Gasteiger partial charge in [0.15, 0.2) is 11.5 Å². The highest BCUT2D eigenvalue weighted by Gasteiger charge is 2.24. The largest absolute Gasteiger partial charge is 0.492 e. The normalized spacial score (nSPS) is 9.94. The fraction of sp³-hybridized carbons (Fsp3) is 0.333. The van der Waals surface area contributed by atoms with Crippen molar-refractivity contribution in [3.8, 4) is 11.5 Å². The third-order valence-corrected chi connectivity index (χ3v) is 2.34. The maximum atomic E-state index is 11.5. The van der Waals surface area contributed by atoms with Gasteiger partial charge in [-0.15, -0.1) is 0 Å². The van der Waals surface area contributed by atoms with Crippen molar-refractivity contribution < 1.29 is 28.9 Å². The molecule has 0 saturated heterocycles. The molecule has 6 nitrogen and oxygen atoms in total. The summed E-state index contributed by atoms with van der Waals surface area (Å²) in [6.45, 7) is 0.265. The second-order valence-corrected chi connectivity index (χ2v) is 3.41. The number of carbonyl (C=O) groups is 2. The van der Waals surface area contributed by atoms with Crippen LogP contribution < -0.4 is 9.47 Å². The molecule has 0 saturated carbocycles. The van der Waals surface area contributed by atoms with Crippen LogP contribution in [0.2, 0.25) is 0 Å². The minimum atomic E-state index is -1.55. The number of ketones is 1. The first-order chi connectivity index (χ1) is 8.56. The van der Waals surface area contributed by atoms with Gasteiger partial charge in [0.2, 0.25) is 0 Å². The molecule has 0 heterocycles. The highest BCUT2D eigenvalue weighted by atomic mass is 16.5. The van der Waals surface area contributed by atoms with Gasteiger partial charge in [-0.25, -0.2) is 4.79 Å². The number of ether oxygens (including phenoxy) is 3. The molecule has 0 unspecified atom stereocenters. The summed E-state index contributed by atoms with van der Waals surface area (Å²) in [5.41, 5.74) is 0.612. The van der Waals surface area contributed by atoms with Gasteiger partial charge in [0.05, 0.1) is 26.4 Å². The Labute approximate surface area is 104 Å². The Morgan fingerprint density at radius 3 is 2.17 bits per heavy atom. The summed E-state index contributed by atoms with van der Waals surface area (Å²) in [6.07, 6.45) is 0. The van der Waals surface area contributed by atoms with E-state index in [2.05, 4.69) is 0 Å². The van der Waals surface area contributed by atoms with E-state index in [1.54, 1.807) is 6.07 Å². The molecule has 1 N–H and O–H groups in total. The first kappa shape index (κ1) is 14.0. The predicted molar refractivity (Wildman–Crippen MR) is 62.2 cm³/mol. The third-order valence-electron chi connectivity index (χ3n) is 2.34. The third kappa shape index (κ3) is 2.60. The molecule has 0 amide bonds. The number of carbonyl (C=O) groups excluding carboxylic acids is 1. The molecule has 1 rings (SSSR count). The van der Waals surface area contributed by atoms with Crippen molar-refractivity contribution in [2.45, 2.75) is 6.61 Å². The van der Waals surface area contributed by atoms with Crippen molar-refractivity contribution in [3.05, 3.63) is 23.3 Å². The number of rotatable bonds is 6. The molecular formula is C12H14O6. The van der Waals surface area contributed by atoms with Gasteiger partial charge in [0, 0.05) is 12.7 Å². The number of carboxylic acid groups (broad SMARTS) is 1. The van der Waals surface area contributed by atoms with Gasteiger partial charge < -0.3 is 19.3 Å². The zero-order chi connectivity index (χ0) is 13.7. The SMILES string of the molecule is COCc1ccc(C(=O)C(=O)O)c(OC)c1OC. The zero-order valence-corrected chi connectivity index (χ0v) is 10.4. The molecule has 1 aromatic carbocycles. The molecule has 0 atom stereocenters. The number of methoxy groups -OCH3 is 3. The summed E-state index contributed by atoms with van der Waals surface area (Å²) in [4.78, 5) is 22.2. The predicted octanol–water partition coefficient (Wildman–Crippen LogP) is 1.12. The highest BCUT2D eigenvalue weighted by molar-refractivity contribution is 6.40. The summed E-state index contributed by atoms with van der Waals surface area (Å²) < 4.78 is 15.2. The van der Waals surface area contributed by atoms with E-state index in [0.717, 1.165) is 0 Å². The van der Waals surface area contributed by atoms with Crippen LogP contribution in [0.3, 0.4) is 0 Å². The molecule has 0 radical (unpaired) electrons. The van der Waals surface area contributed by atoms with E-state index >= 15 is 0 Å². The number of aliphatic carboxylic acids is 1. The van der Waals surface area contributed by atoms with Crippen molar-refractivity contribution >= 4 is 11.8 Å². The monoisotopic (exact) mass is 254 g/mol. The summed E-state index contributed by atoms with van der Waals surface area (Å²) in [6, 6.07) is 2.95. The summed E-state index contributed by atoms with van der Waals surface area (Å²) in [5, 5.41) is 8.72. The zero-order valence-electron chi connectivity index (χ0n) is 10.4. The maximum Gasteiger partial charge on any atom is 0.377 e. The Morgan fingerprint density at radius 2 is 1.72 bits per heavy atom. The molecule has 1 aromatic rings. The van der Waals surface area contributed by atoms with Gasteiger partial charge in [-0.3, -0.25) is 4.79 Å². The number of hydrogen-bond donors (Lipinski definition) is 1. The summed E-state index contributed by atoms with van der Waals surface area (Å²) in [7, 11) is 4.27. The van der Waals surface area contributed by atoms with E-state index in [1.807, 2.05) is 0 Å². The van der Waals surface area contributed by atoms with E-state index in [0.29, 0.717) is 11.3 Å². The lowest BCUT2D eigenvalue weighted by Crippen LogP contribution is -2.14. The van der Waals surface area contributed by atoms with Crippen molar-refractivity contribution in [3.63, 3.8) is 0 Å². The van der Waals surface area contributed by atoms with E-state index in [4.69, 9.17) is 19.3 Å². The molecule has 0 spiro atoms. The van der Waals surface area contributed by atoms with Gasteiger partial charge in [0.25, 0.3) is 5.78 Å². The molecule has 0 aliphatic rings. The number of hydrogen-bond acceptors (Lipinski definition) is 5. The molecule has 0 aliphatic heterocycles. The second-order valence-electron chi connectivity index (χ2n) is 3.41. The topological polar surface area (TPSA) is 82.1 Å². The number of Topliss-reactive ketones (excluding diaryl/α,β-unsaturated/α-hetero) is 1.